The fraction of sp³-hybridized carbons (Fsp3) is 0.435. The van der Waals surface area contributed by atoms with E-state index in [1.165, 1.54) is 17.7 Å². The Bertz CT molecular complexity index is 783. The van der Waals surface area contributed by atoms with Gasteiger partial charge in [0.05, 0.1) is 6.10 Å². The number of aromatic hydroxyl groups is 2. The molecule has 2 aromatic carbocycles. The number of benzene rings is 2. The second-order valence-electron chi connectivity index (χ2n) is 7.59. The van der Waals surface area contributed by atoms with Crippen LogP contribution in [-0.2, 0) is 4.79 Å². The molecule has 0 fully saturated rings. The summed E-state index contributed by atoms with van der Waals surface area (Å²) >= 11 is 0. The summed E-state index contributed by atoms with van der Waals surface area (Å²) < 4.78 is 0. The Labute approximate surface area is 184 Å². The molecule has 0 heterocycles. The van der Waals surface area contributed by atoms with Crippen molar-refractivity contribution in [3.63, 3.8) is 0 Å². The molecule has 2 aromatic rings. The van der Waals surface area contributed by atoms with Crippen LogP contribution in [0.5, 0.6) is 11.5 Å². The van der Waals surface area contributed by atoms with Crippen LogP contribution < -0.4 is 10.6 Å². The summed E-state index contributed by atoms with van der Waals surface area (Å²) in [5.74, 6) is -0.392. The van der Waals surface area contributed by atoms with Crippen LogP contribution in [0.2, 0.25) is 0 Å². The Balaban J connectivity index is 0.00000450. The van der Waals surface area contributed by atoms with E-state index in [0.29, 0.717) is 18.5 Å². The minimum absolute atomic E-state index is 0. The summed E-state index contributed by atoms with van der Waals surface area (Å²) in [7, 11) is 0. The number of amides is 1. The van der Waals surface area contributed by atoms with Crippen LogP contribution in [0.3, 0.4) is 0 Å². The smallest absolute Gasteiger partial charge is 0.224 e. The van der Waals surface area contributed by atoms with Crippen LogP contribution >= 0.6 is 12.4 Å². The van der Waals surface area contributed by atoms with Gasteiger partial charge in [-0.25, -0.2) is 0 Å². The number of carbonyl (C=O) groups is 1. The number of anilines is 1. The van der Waals surface area contributed by atoms with Gasteiger partial charge in [0.2, 0.25) is 5.91 Å². The van der Waals surface area contributed by atoms with Gasteiger partial charge in [-0.05, 0) is 56.5 Å². The predicted molar refractivity (Wildman–Crippen MR) is 122 cm³/mol. The topological polar surface area (TPSA) is 102 Å². The predicted octanol–water partition coefficient (Wildman–Crippen LogP) is 4.43. The molecule has 2 atom stereocenters. The van der Waals surface area contributed by atoms with E-state index in [1.54, 1.807) is 6.07 Å². The molecule has 7 heteroatoms. The van der Waals surface area contributed by atoms with E-state index in [-0.39, 0.29) is 35.9 Å². The summed E-state index contributed by atoms with van der Waals surface area (Å²) in [6.45, 7) is 4.44. The zero-order valence-electron chi connectivity index (χ0n) is 17.6. The lowest BCUT2D eigenvalue weighted by molar-refractivity contribution is -0.116. The van der Waals surface area contributed by atoms with Crippen molar-refractivity contribution < 1.29 is 20.1 Å². The van der Waals surface area contributed by atoms with E-state index in [0.717, 1.165) is 31.4 Å². The number of hydrogen-bond acceptors (Lipinski definition) is 5. The van der Waals surface area contributed by atoms with Crippen LogP contribution in [0.1, 0.15) is 56.3 Å². The minimum atomic E-state index is -0.755. The molecule has 1 amide bonds. The van der Waals surface area contributed by atoms with Crippen molar-refractivity contribution in [1.29, 1.82) is 0 Å². The Hall–Kier alpha value is -2.28. The first-order valence-electron chi connectivity index (χ1n) is 10.1. The molecule has 0 bridgehead atoms. The first-order chi connectivity index (χ1) is 13.8. The third kappa shape index (κ3) is 9.03. The first kappa shape index (κ1) is 25.8. The highest BCUT2D eigenvalue weighted by molar-refractivity contribution is 5.90. The van der Waals surface area contributed by atoms with Crippen molar-refractivity contribution in [3.05, 3.63) is 53.6 Å². The van der Waals surface area contributed by atoms with Gasteiger partial charge in [0.15, 0.2) is 11.5 Å². The molecule has 2 unspecified atom stereocenters. The number of hydrogen-bond donors (Lipinski definition) is 5. The first-order valence-corrected chi connectivity index (χ1v) is 10.1. The van der Waals surface area contributed by atoms with Gasteiger partial charge >= 0.3 is 0 Å². The van der Waals surface area contributed by atoms with Gasteiger partial charge in [-0.3, -0.25) is 4.79 Å². The van der Waals surface area contributed by atoms with Gasteiger partial charge in [-0.1, -0.05) is 36.6 Å². The van der Waals surface area contributed by atoms with Gasteiger partial charge in [0, 0.05) is 24.7 Å². The molecule has 0 radical (unpaired) electrons. The number of aryl methyl sites for hydroxylation is 1. The minimum Gasteiger partial charge on any atom is -0.504 e. The molecule has 0 saturated heterocycles. The summed E-state index contributed by atoms with van der Waals surface area (Å²) in [6.07, 6.45) is 3.53. The van der Waals surface area contributed by atoms with Crippen LogP contribution in [0.4, 0.5) is 5.69 Å². The molecule has 0 aliphatic carbocycles. The zero-order chi connectivity index (χ0) is 21.2. The van der Waals surface area contributed by atoms with Crippen molar-refractivity contribution in [1.82, 2.24) is 5.32 Å². The summed E-state index contributed by atoms with van der Waals surface area (Å²) in [5, 5.41) is 35.2. The summed E-state index contributed by atoms with van der Waals surface area (Å²) in [6, 6.07) is 12.3. The maximum absolute atomic E-state index is 12.0. The third-order valence-electron chi connectivity index (χ3n) is 4.92. The Morgan fingerprint density at radius 3 is 2.37 bits per heavy atom. The number of carbonyl (C=O) groups excluding carboxylic acids is 1. The highest BCUT2D eigenvalue weighted by atomic mass is 35.5. The molecule has 0 aliphatic heterocycles. The molecule has 5 N–H and O–H groups in total. The molecule has 2 rings (SSSR count). The standard InChI is InChI=1S/C23H32N2O4.ClH/c1-16-8-11-19(12-9-16)25-23(29)7-5-3-4-6-17(2)24-15-22(28)18-10-13-20(26)21(27)14-18;/h8-14,17,22,24,26-28H,3-7,15H2,1-2H3,(H,25,29);1H. The largest absolute Gasteiger partial charge is 0.504 e. The number of halogens is 1. The van der Waals surface area contributed by atoms with Gasteiger partial charge < -0.3 is 26.0 Å². The molecule has 0 spiro atoms. The molecule has 0 saturated carbocycles. The molecule has 0 aliphatic rings. The quantitative estimate of drug-likeness (QED) is 0.265. The lowest BCUT2D eigenvalue weighted by Gasteiger charge is -2.17. The second kappa shape index (κ2) is 13.1. The zero-order valence-corrected chi connectivity index (χ0v) is 18.4. The van der Waals surface area contributed by atoms with Crippen LogP contribution in [0.25, 0.3) is 0 Å². The van der Waals surface area contributed by atoms with E-state index < -0.39 is 6.10 Å². The van der Waals surface area contributed by atoms with E-state index in [2.05, 4.69) is 17.6 Å². The van der Waals surface area contributed by atoms with Gasteiger partial charge in [0.1, 0.15) is 0 Å². The van der Waals surface area contributed by atoms with Crippen molar-refractivity contribution in [2.24, 2.45) is 0 Å². The summed E-state index contributed by atoms with van der Waals surface area (Å²) in [5.41, 5.74) is 2.55. The average Bonchev–Trinajstić information content (AvgIpc) is 2.69. The summed E-state index contributed by atoms with van der Waals surface area (Å²) in [4.78, 5) is 12.0. The van der Waals surface area contributed by atoms with Crippen molar-refractivity contribution in [2.45, 2.75) is 58.1 Å². The maximum atomic E-state index is 12.0. The SMILES string of the molecule is Cc1ccc(NC(=O)CCCCCC(C)NCC(O)c2ccc(O)c(O)c2)cc1.Cl. The number of phenols is 2. The van der Waals surface area contributed by atoms with Gasteiger partial charge in [-0.2, -0.15) is 0 Å². The van der Waals surface area contributed by atoms with Gasteiger partial charge in [-0.15, -0.1) is 12.4 Å². The fourth-order valence-corrected chi connectivity index (χ4v) is 3.05. The number of nitrogens with one attached hydrogen (secondary N) is 2. The highest BCUT2D eigenvalue weighted by Gasteiger charge is 2.11. The molecular formula is C23H33ClN2O4. The van der Waals surface area contributed by atoms with Crippen molar-refractivity contribution >= 4 is 24.0 Å². The average molecular weight is 437 g/mol. The number of aliphatic hydroxyl groups excluding tert-OH is 1. The Morgan fingerprint density at radius 1 is 1.00 bits per heavy atom. The molecule has 6 nitrogen and oxygen atoms in total. The number of phenolic OH excluding ortho intramolecular Hbond substituents is 2. The van der Waals surface area contributed by atoms with Crippen LogP contribution in [0, 0.1) is 6.92 Å². The molecule has 166 valence electrons. The van der Waals surface area contributed by atoms with Gasteiger partial charge in [0.25, 0.3) is 0 Å². The van der Waals surface area contributed by atoms with Crippen molar-refractivity contribution in [3.8, 4) is 11.5 Å². The number of unbranched alkanes of at least 4 members (excludes halogenated alkanes) is 2. The van der Waals surface area contributed by atoms with Crippen LogP contribution in [-0.4, -0.2) is 33.8 Å². The van der Waals surface area contributed by atoms with E-state index in [4.69, 9.17) is 0 Å². The van der Waals surface area contributed by atoms with Crippen LogP contribution in [0.15, 0.2) is 42.5 Å². The normalized spacial score (nSPS) is 12.6. The lowest BCUT2D eigenvalue weighted by atomic mass is 10.1. The van der Waals surface area contributed by atoms with E-state index in [9.17, 15) is 20.1 Å². The number of aliphatic hydroxyl groups is 1. The second-order valence-corrected chi connectivity index (χ2v) is 7.59. The highest BCUT2D eigenvalue weighted by Crippen LogP contribution is 2.27. The Morgan fingerprint density at radius 2 is 1.70 bits per heavy atom. The van der Waals surface area contributed by atoms with E-state index in [1.807, 2.05) is 31.2 Å². The molecule has 0 aromatic heterocycles. The Kier molecular flexibility index (Phi) is 11.3. The maximum Gasteiger partial charge on any atom is 0.224 e. The molecular weight excluding hydrogens is 404 g/mol. The van der Waals surface area contributed by atoms with Crippen molar-refractivity contribution in [2.75, 3.05) is 11.9 Å². The number of rotatable bonds is 11. The van der Waals surface area contributed by atoms with E-state index >= 15 is 0 Å². The fourth-order valence-electron chi connectivity index (χ4n) is 3.05. The molecule has 30 heavy (non-hydrogen) atoms. The monoisotopic (exact) mass is 436 g/mol. The third-order valence-corrected chi connectivity index (χ3v) is 4.92. The lowest BCUT2D eigenvalue weighted by Crippen LogP contribution is -2.30.